The summed E-state index contributed by atoms with van der Waals surface area (Å²) in [5, 5.41) is 3.90. The Morgan fingerprint density at radius 3 is 2.62 bits per heavy atom. The van der Waals surface area contributed by atoms with Crippen LogP contribution in [0.3, 0.4) is 0 Å². The van der Waals surface area contributed by atoms with Crippen molar-refractivity contribution in [2.75, 3.05) is 43.9 Å². The van der Waals surface area contributed by atoms with Crippen molar-refractivity contribution in [1.82, 2.24) is 29.7 Å². The molecule has 3 N–H and O–H groups in total. The van der Waals surface area contributed by atoms with E-state index in [0.29, 0.717) is 37.5 Å². The normalized spacial score (nSPS) is 22.6. The number of nitrogen functional groups attached to an aromatic ring is 1. The van der Waals surface area contributed by atoms with Crippen LogP contribution in [-0.4, -0.2) is 75.8 Å². The highest BCUT2D eigenvalue weighted by molar-refractivity contribution is 7.22. The Bertz CT molecular complexity index is 1730. The lowest BCUT2D eigenvalue weighted by molar-refractivity contribution is 0.188. The molecule has 6 heterocycles. The van der Waals surface area contributed by atoms with Crippen LogP contribution < -0.4 is 26.2 Å². The van der Waals surface area contributed by atoms with E-state index in [1.807, 2.05) is 6.92 Å². The number of nitrogens with one attached hydrogen (secondary N) is 1. The zero-order valence-corrected chi connectivity index (χ0v) is 24.5. The van der Waals surface area contributed by atoms with Crippen LogP contribution in [-0.2, 0) is 6.54 Å². The number of anilines is 2. The Morgan fingerprint density at radius 2 is 1.90 bits per heavy atom. The number of nitrogens with zero attached hydrogens (tertiary/aromatic N) is 6. The van der Waals surface area contributed by atoms with Crippen molar-refractivity contribution in [2.45, 2.75) is 63.7 Å². The number of piperazine rings is 1. The van der Waals surface area contributed by atoms with Crippen LogP contribution >= 0.6 is 11.3 Å². The Kier molecular flexibility index (Phi) is 6.98. The summed E-state index contributed by atoms with van der Waals surface area (Å²) in [5.74, 6) is -0.795. The Balaban J connectivity index is 1.45. The largest absolute Gasteiger partial charge is 0.462 e. The lowest BCUT2D eigenvalue weighted by Crippen LogP contribution is -2.51. The van der Waals surface area contributed by atoms with Crippen molar-refractivity contribution in [1.29, 1.82) is 0 Å². The molecule has 0 spiro atoms. The van der Waals surface area contributed by atoms with Gasteiger partial charge in [0.2, 0.25) is 0 Å². The number of fused-ring (bicyclic) bond motifs is 4. The number of ether oxygens (including phenoxy) is 1. The number of pyridine rings is 1. The smallest absolute Gasteiger partial charge is 0.319 e. The summed E-state index contributed by atoms with van der Waals surface area (Å²) in [5.41, 5.74) is 5.95. The third-order valence-corrected chi connectivity index (χ3v) is 9.71. The third-order valence-electron chi connectivity index (χ3n) is 8.82. The first-order valence-corrected chi connectivity index (χ1v) is 15.5. The van der Waals surface area contributed by atoms with Gasteiger partial charge in [-0.2, -0.15) is 9.97 Å². The van der Waals surface area contributed by atoms with Gasteiger partial charge in [0.15, 0.2) is 10.9 Å². The Labute approximate surface area is 245 Å². The summed E-state index contributed by atoms with van der Waals surface area (Å²) in [6.07, 6.45) is 4.73. The molecule has 2 unspecified atom stereocenters. The molecular weight excluding hydrogens is 562 g/mol. The molecular formula is C29H34F2N8O2S. The van der Waals surface area contributed by atoms with Gasteiger partial charge in [0.05, 0.1) is 15.9 Å². The molecule has 1 aromatic carbocycles. The minimum Gasteiger partial charge on any atom is -0.462 e. The van der Waals surface area contributed by atoms with E-state index in [1.165, 1.54) is 16.7 Å². The fourth-order valence-corrected chi connectivity index (χ4v) is 7.52. The summed E-state index contributed by atoms with van der Waals surface area (Å²) in [7, 11) is 2.06. The molecule has 3 aliphatic rings. The van der Waals surface area contributed by atoms with Gasteiger partial charge in [-0.25, -0.2) is 13.8 Å². The molecule has 42 heavy (non-hydrogen) atoms. The molecule has 10 nitrogen and oxygen atoms in total. The molecule has 0 aliphatic carbocycles. The molecule has 0 radical (unpaired) electrons. The SMILES string of the molecule is CCCn1c(-c2ccc(F)c3sc(N)nc23)c(F)c2nc(OC[C@@H]3CCCN3C)nc(N3CC4CCC(C3)N4)c2c1=O. The molecule has 13 heteroatoms. The number of likely N-dealkylation sites (N-methyl/N-ethyl adjacent to an activating group) is 1. The Hall–Kier alpha value is -3.42. The second kappa shape index (κ2) is 10.7. The monoisotopic (exact) mass is 596 g/mol. The molecule has 0 amide bonds. The van der Waals surface area contributed by atoms with Gasteiger partial charge in [-0.1, -0.05) is 18.3 Å². The van der Waals surface area contributed by atoms with Crippen molar-refractivity contribution >= 4 is 43.4 Å². The van der Waals surface area contributed by atoms with E-state index in [2.05, 4.69) is 32.1 Å². The van der Waals surface area contributed by atoms with Crippen molar-refractivity contribution in [3.8, 4) is 17.3 Å². The zero-order valence-electron chi connectivity index (χ0n) is 23.7. The first-order chi connectivity index (χ1) is 20.3. The van der Waals surface area contributed by atoms with Gasteiger partial charge < -0.3 is 30.2 Å². The molecule has 222 valence electrons. The highest BCUT2D eigenvalue weighted by atomic mass is 32.1. The van der Waals surface area contributed by atoms with Crippen LogP contribution in [0.15, 0.2) is 16.9 Å². The lowest BCUT2D eigenvalue weighted by atomic mass is 10.1. The number of rotatable bonds is 7. The fraction of sp³-hybridized carbons (Fsp3) is 0.517. The molecule has 0 saturated carbocycles. The maximum atomic E-state index is 17.0. The maximum absolute atomic E-state index is 17.0. The van der Waals surface area contributed by atoms with Crippen molar-refractivity contribution in [2.24, 2.45) is 0 Å². The van der Waals surface area contributed by atoms with E-state index < -0.39 is 17.2 Å². The predicted molar refractivity (Wildman–Crippen MR) is 160 cm³/mol. The van der Waals surface area contributed by atoms with E-state index in [4.69, 9.17) is 15.5 Å². The minimum atomic E-state index is -0.692. The average molecular weight is 597 g/mol. The van der Waals surface area contributed by atoms with E-state index in [0.717, 1.165) is 43.6 Å². The second-order valence-corrected chi connectivity index (χ2v) is 12.7. The van der Waals surface area contributed by atoms with Gasteiger partial charge >= 0.3 is 6.01 Å². The predicted octanol–water partition coefficient (Wildman–Crippen LogP) is 3.75. The number of aromatic nitrogens is 4. The maximum Gasteiger partial charge on any atom is 0.319 e. The van der Waals surface area contributed by atoms with E-state index >= 15 is 4.39 Å². The van der Waals surface area contributed by atoms with Gasteiger partial charge in [-0.15, -0.1) is 0 Å². The number of halogens is 2. The third kappa shape index (κ3) is 4.58. The van der Waals surface area contributed by atoms with Gasteiger partial charge in [0, 0.05) is 43.3 Å². The van der Waals surface area contributed by atoms with Gasteiger partial charge in [-0.3, -0.25) is 4.79 Å². The minimum absolute atomic E-state index is 0.0103. The molecule has 3 saturated heterocycles. The van der Waals surface area contributed by atoms with Gasteiger partial charge in [-0.05, 0) is 57.8 Å². The standard InChI is InChI=1S/C29H34F2N8O2S/c1-3-10-39-24(18-8-9-19(30)25-22(18)34-28(32)42-25)21(31)23-20(27(39)40)26(38-12-15-6-7-16(13-38)33-15)36-29(35-23)41-14-17-5-4-11-37(17)2/h8-9,15-17,33H,3-7,10-14H2,1-2H3,(H2,32,34)/t15?,16?,17-/m0/s1. The molecule has 3 fully saturated rings. The quantitative estimate of drug-likeness (QED) is 0.329. The number of hydrogen-bond donors (Lipinski definition) is 2. The molecule has 3 atom stereocenters. The summed E-state index contributed by atoms with van der Waals surface area (Å²) < 4.78 is 39.4. The number of thiazole rings is 1. The van der Waals surface area contributed by atoms with Gasteiger partial charge in [0.25, 0.3) is 5.56 Å². The summed E-state index contributed by atoms with van der Waals surface area (Å²) in [6.45, 7) is 4.83. The van der Waals surface area contributed by atoms with Crippen LogP contribution in [0.4, 0.5) is 19.7 Å². The first-order valence-electron chi connectivity index (χ1n) is 14.6. The Morgan fingerprint density at radius 1 is 1.12 bits per heavy atom. The van der Waals surface area contributed by atoms with Crippen molar-refractivity contribution in [3.05, 3.63) is 34.1 Å². The molecule has 3 aliphatic heterocycles. The van der Waals surface area contributed by atoms with Gasteiger partial charge in [0.1, 0.15) is 29.1 Å². The van der Waals surface area contributed by atoms with E-state index in [1.54, 1.807) is 0 Å². The van der Waals surface area contributed by atoms with Crippen LogP contribution in [0.5, 0.6) is 6.01 Å². The molecule has 4 aromatic rings. The summed E-state index contributed by atoms with van der Waals surface area (Å²) in [6, 6.07) is 3.51. The van der Waals surface area contributed by atoms with Crippen LogP contribution in [0.25, 0.3) is 32.4 Å². The topological polar surface area (TPSA) is 114 Å². The van der Waals surface area contributed by atoms with Crippen molar-refractivity contribution in [3.63, 3.8) is 0 Å². The zero-order chi connectivity index (χ0) is 29.1. The summed E-state index contributed by atoms with van der Waals surface area (Å²) in [4.78, 5) is 32.3. The van der Waals surface area contributed by atoms with Crippen LogP contribution in [0.1, 0.15) is 39.0 Å². The number of nitrogens with two attached hydrogens (primary N) is 1. The van der Waals surface area contributed by atoms with E-state index in [9.17, 15) is 9.18 Å². The fourth-order valence-electron chi connectivity index (χ4n) is 6.76. The van der Waals surface area contributed by atoms with Crippen molar-refractivity contribution < 1.29 is 13.5 Å². The first kappa shape index (κ1) is 27.4. The molecule has 7 rings (SSSR count). The molecule has 3 aromatic heterocycles. The number of benzene rings is 1. The lowest BCUT2D eigenvalue weighted by Gasteiger charge is -2.34. The highest BCUT2D eigenvalue weighted by Gasteiger charge is 2.35. The second-order valence-electron chi connectivity index (χ2n) is 11.6. The average Bonchev–Trinajstić information content (AvgIpc) is 3.68. The van der Waals surface area contributed by atoms with Crippen LogP contribution in [0.2, 0.25) is 0 Å². The highest BCUT2D eigenvalue weighted by Crippen LogP contribution is 2.38. The number of hydrogen-bond acceptors (Lipinski definition) is 10. The summed E-state index contributed by atoms with van der Waals surface area (Å²) >= 11 is 0.989. The molecule has 2 bridgehead atoms. The number of likely N-dealkylation sites (tertiary alicyclic amines) is 1. The van der Waals surface area contributed by atoms with Crippen LogP contribution in [0, 0.1) is 11.6 Å². The van der Waals surface area contributed by atoms with E-state index in [-0.39, 0.29) is 62.6 Å².